The second-order valence-corrected chi connectivity index (χ2v) is 4.66. The summed E-state index contributed by atoms with van der Waals surface area (Å²) in [5.41, 5.74) is 3.13. The molecule has 0 fully saturated rings. The fourth-order valence-electron chi connectivity index (χ4n) is 1.28. The summed E-state index contributed by atoms with van der Waals surface area (Å²) in [6, 6.07) is 6.13. The summed E-state index contributed by atoms with van der Waals surface area (Å²) in [5.74, 6) is 0. The van der Waals surface area contributed by atoms with Crippen molar-refractivity contribution in [2.24, 2.45) is 0 Å². The van der Waals surface area contributed by atoms with E-state index in [2.05, 4.69) is 61.2 Å². The average Bonchev–Trinajstić information content (AvgIpc) is 2.70. The zero-order chi connectivity index (χ0) is 10.8. The lowest BCUT2D eigenvalue weighted by Crippen LogP contribution is -1.96. The zero-order valence-corrected chi connectivity index (χ0v) is 11.3. The number of aromatic nitrogens is 3. The first-order valence-corrected chi connectivity index (χ1v) is 6.36. The molecule has 0 unspecified atom stereocenters. The number of hydrogen-bond donors (Lipinski definition) is 0. The zero-order valence-electron chi connectivity index (χ0n) is 8.11. The smallest absolute Gasteiger partial charge is 0.0937 e. The molecule has 0 radical (unpaired) electrons. The highest BCUT2D eigenvalue weighted by Gasteiger charge is 2.05. The van der Waals surface area contributed by atoms with Crippen molar-refractivity contribution in [3.8, 4) is 5.69 Å². The van der Waals surface area contributed by atoms with Crippen LogP contribution >= 0.6 is 31.9 Å². The Morgan fingerprint density at radius 1 is 1.40 bits per heavy atom. The molecule has 0 aliphatic carbocycles. The molecule has 0 aliphatic heterocycles. The van der Waals surface area contributed by atoms with Crippen LogP contribution in [0.3, 0.4) is 0 Å². The lowest BCUT2D eigenvalue weighted by atomic mass is 10.2. The van der Waals surface area contributed by atoms with Gasteiger partial charge in [-0.15, -0.1) is 5.10 Å². The molecule has 0 saturated heterocycles. The Kier molecular flexibility index (Phi) is 3.21. The van der Waals surface area contributed by atoms with Crippen molar-refractivity contribution in [2.75, 3.05) is 0 Å². The number of hydrogen-bond acceptors (Lipinski definition) is 2. The van der Waals surface area contributed by atoms with Gasteiger partial charge in [0.1, 0.15) is 0 Å². The maximum atomic E-state index is 4.07. The molecule has 1 heterocycles. The van der Waals surface area contributed by atoms with E-state index in [0.29, 0.717) is 0 Å². The number of rotatable bonds is 2. The fraction of sp³-hybridized carbons (Fsp3) is 0.200. The summed E-state index contributed by atoms with van der Waals surface area (Å²) in [6.45, 7) is 2.05. The minimum absolute atomic E-state index is 0.719. The highest BCUT2D eigenvalue weighted by Crippen LogP contribution is 2.21. The molecule has 3 nitrogen and oxygen atoms in total. The topological polar surface area (TPSA) is 30.7 Å². The Morgan fingerprint density at radius 2 is 2.20 bits per heavy atom. The standard InChI is InChI=1S/C10H9Br2N3/c1-7-2-3-9(12)10(4-7)15-6-8(5-11)13-14-15/h2-4,6H,5H2,1H3. The summed E-state index contributed by atoms with van der Waals surface area (Å²) in [7, 11) is 0. The molecule has 0 N–H and O–H groups in total. The molecular weight excluding hydrogens is 322 g/mol. The van der Waals surface area contributed by atoms with Crippen molar-refractivity contribution >= 4 is 31.9 Å². The van der Waals surface area contributed by atoms with Gasteiger partial charge in [-0.05, 0) is 40.5 Å². The van der Waals surface area contributed by atoms with Crippen molar-refractivity contribution in [3.63, 3.8) is 0 Å². The van der Waals surface area contributed by atoms with Crippen molar-refractivity contribution in [1.29, 1.82) is 0 Å². The van der Waals surface area contributed by atoms with Crippen LogP contribution in [0, 0.1) is 6.92 Å². The quantitative estimate of drug-likeness (QED) is 0.791. The van der Waals surface area contributed by atoms with Crippen molar-refractivity contribution in [3.05, 3.63) is 40.1 Å². The molecule has 1 aromatic heterocycles. The van der Waals surface area contributed by atoms with E-state index in [9.17, 15) is 0 Å². The number of nitrogens with zero attached hydrogens (tertiary/aromatic N) is 3. The third kappa shape index (κ3) is 2.29. The van der Waals surface area contributed by atoms with Crippen molar-refractivity contribution < 1.29 is 0 Å². The van der Waals surface area contributed by atoms with E-state index < -0.39 is 0 Å². The molecule has 2 rings (SSSR count). The third-order valence-corrected chi connectivity index (χ3v) is 3.27. The molecule has 1 aromatic carbocycles. The molecule has 78 valence electrons. The van der Waals surface area contributed by atoms with Gasteiger partial charge >= 0.3 is 0 Å². The van der Waals surface area contributed by atoms with Gasteiger partial charge in [0.2, 0.25) is 0 Å². The summed E-state index contributed by atoms with van der Waals surface area (Å²) >= 11 is 6.85. The second-order valence-electron chi connectivity index (χ2n) is 3.24. The number of aryl methyl sites for hydroxylation is 1. The van der Waals surface area contributed by atoms with Crippen LogP contribution in [0.1, 0.15) is 11.3 Å². The lowest BCUT2D eigenvalue weighted by Gasteiger charge is -2.04. The molecule has 0 amide bonds. The maximum Gasteiger partial charge on any atom is 0.0937 e. The van der Waals surface area contributed by atoms with Gasteiger partial charge in [-0.1, -0.05) is 27.2 Å². The van der Waals surface area contributed by atoms with E-state index in [0.717, 1.165) is 21.2 Å². The molecular formula is C10H9Br2N3. The fourth-order valence-corrected chi connectivity index (χ4v) is 1.96. The first-order chi connectivity index (χ1) is 7.20. The Hall–Kier alpha value is -0.680. The SMILES string of the molecule is Cc1ccc(Br)c(-n2cc(CBr)nn2)c1. The monoisotopic (exact) mass is 329 g/mol. The molecule has 0 saturated carbocycles. The molecule has 15 heavy (non-hydrogen) atoms. The molecule has 0 aliphatic rings. The lowest BCUT2D eigenvalue weighted by molar-refractivity contribution is 0.797. The Bertz CT molecular complexity index is 479. The normalized spacial score (nSPS) is 10.6. The Morgan fingerprint density at radius 3 is 2.87 bits per heavy atom. The molecule has 5 heteroatoms. The van der Waals surface area contributed by atoms with E-state index in [1.165, 1.54) is 5.56 Å². The van der Waals surface area contributed by atoms with Crippen LogP contribution in [0.15, 0.2) is 28.9 Å². The predicted molar refractivity (Wildman–Crippen MR) is 66.4 cm³/mol. The van der Waals surface area contributed by atoms with E-state index in [1.807, 2.05) is 12.3 Å². The minimum atomic E-state index is 0.719. The van der Waals surface area contributed by atoms with E-state index in [4.69, 9.17) is 0 Å². The van der Waals surface area contributed by atoms with Crippen LogP contribution < -0.4 is 0 Å². The maximum absolute atomic E-state index is 4.07. The molecule has 0 atom stereocenters. The second kappa shape index (κ2) is 4.45. The van der Waals surface area contributed by atoms with Crippen LogP contribution in [-0.4, -0.2) is 15.0 Å². The van der Waals surface area contributed by atoms with Gasteiger partial charge in [0, 0.05) is 9.80 Å². The van der Waals surface area contributed by atoms with Gasteiger partial charge in [-0.25, -0.2) is 4.68 Å². The summed E-state index contributed by atoms with van der Waals surface area (Å²) < 4.78 is 2.78. The van der Waals surface area contributed by atoms with Gasteiger partial charge in [-0.2, -0.15) is 0 Å². The molecule has 0 spiro atoms. The van der Waals surface area contributed by atoms with E-state index in [1.54, 1.807) is 4.68 Å². The Balaban J connectivity index is 2.48. The van der Waals surface area contributed by atoms with E-state index in [-0.39, 0.29) is 0 Å². The molecule has 2 aromatic rings. The van der Waals surface area contributed by atoms with Crippen molar-refractivity contribution in [2.45, 2.75) is 12.3 Å². The first kappa shape index (κ1) is 10.8. The van der Waals surface area contributed by atoms with E-state index >= 15 is 0 Å². The number of benzene rings is 1. The van der Waals surface area contributed by atoms with Crippen LogP contribution in [0.5, 0.6) is 0 Å². The minimum Gasteiger partial charge on any atom is -0.219 e. The van der Waals surface area contributed by atoms with Crippen LogP contribution in [-0.2, 0) is 5.33 Å². The Labute approximate surface area is 105 Å². The number of alkyl halides is 1. The highest BCUT2D eigenvalue weighted by atomic mass is 79.9. The predicted octanol–water partition coefficient (Wildman–Crippen LogP) is 3.23. The van der Waals surface area contributed by atoms with Crippen LogP contribution in [0.2, 0.25) is 0 Å². The third-order valence-electron chi connectivity index (χ3n) is 2.03. The summed E-state index contributed by atoms with van der Waals surface area (Å²) in [4.78, 5) is 0. The number of halogens is 2. The highest BCUT2D eigenvalue weighted by molar-refractivity contribution is 9.10. The van der Waals surface area contributed by atoms with Crippen molar-refractivity contribution in [1.82, 2.24) is 15.0 Å². The van der Waals surface area contributed by atoms with Gasteiger partial charge in [0.15, 0.2) is 0 Å². The summed E-state index contributed by atoms with van der Waals surface area (Å²) in [6.07, 6.45) is 1.91. The first-order valence-electron chi connectivity index (χ1n) is 4.44. The van der Waals surface area contributed by atoms with Gasteiger partial charge in [0.25, 0.3) is 0 Å². The van der Waals surface area contributed by atoms with Gasteiger partial charge < -0.3 is 0 Å². The van der Waals surface area contributed by atoms with Crippen LogP contribution in [0.4, 0.5) is 0 Å². The van der Waals surface area contributed by atoms with Gasteiger partial charge in [-0.3, -0.25) is 0 Å². The van der Waals surface area contributed by atoms with Crippen LogP contribution in [0.25, 0.3) is 5.69 Å². The average molecular weight is 331 g/mol. The molecule has 0 bridgehead atoms. The van der Waals surface area contributed by atoms with Gasteiger partial charge in [0.05, 0.1) is 17.6 Å². The largest absolute Gasteiger partial charge is 0.219 e. The summed E-state index contributed by atoms with van der Waals surface area (Å²) in [5, 5.41) is 8.81.